The maximum Gasteiger partial charge on any atom is 0.302 e. The van der Waals surface area contributed by atoms with Crippen LogP contribution in [-0.4, -0.2) is 17.6 Å². The summed E-state index contributed by atoms with van der Waals surface area (Å²) in [5.74, 6) is -0.253. The summed E-state index contributed by atoms with van der Waals surface area (Å²) in [6.07, 6.45) is 21.5. The molecule has 0 unspecified atom stereocenters. The molecule has 22 heavy (non-hydrogen) atoms. The molecule has 0 bridgehead atoms. The summed E-state index contributed by atoms with van der Waals surface area (Å²) in [4.78, 5) is 14.6. The number of rotatable bonds is 10. The Kier molecular flexibility index (Phi) is 10.2. The Hall–Kier alpha value is -2.16. The molecule has 1 rings (SSSR count). The number of aryl methyl sites for hydroxylation is 1. The Labute approximate surface area is 133 Å². The molecule has 0 N–H and O–H groups in total. The van der Waals surface area contributed by atoms with Crippen molar-refractivity contribution in [3.8, 4) is 0 Å². The van der Waals surface area contributed by atoms with E-state index in [0.717, 1.165) is 12.8 Å². The van der Waals surface area contributed by atoms with Crippen molar-refractivity contribution in [3.63, 3.8) is 0 Å². The van der Waals surface area contributed by atoms with Crippen LogP contribution in [0, 0.1) is 0 Å². The Bertz CT molecular complexity index is 489. The molecule has 0 atom stereocenters. The molecule has 0 saturated heterocycles. The summed E-state index contributed by atoms with van der Waals surface area (Å²) >= 11 is 0. The second-order valence-corrected chi connectivity index (χ2v) is 5.00. The topological polar surface area (TPSA) is 39.2 Å². The molecule has 3 nitrogen and oxygen atoms in total. The van der Waals surface area contributed by atoms with Crippen molar-refractivity contribution in [2.24, 2.45) is 0 Å². The van der Waals surface area contributed by atoms with Crippen molar-refractivity contribution in [1.29, 1.82) is 0 Å². The minimum atomic E-state index is -0.253. The number of aromatic nitrogens is 1. The van der Waals surface area contributed by atoms with Gasteiger partial charge in [-0.15, -0.1) is 0 Å². The Morgan fingerprint density at radius 1 is 1.14 bits per heavy atom. The molecular weight excluding hydrogens is 274 g/mol. The number of nitrogens with zero attached hydrogens (tertiary/aromatic N) is 1. The van der Waals surface area contributed by atoms with Gasteiger partial charge in [0.05, 0.1) is 0 Å². The minimum absolute atomic E-state index is 0.253. The average Bonchev–Trinajstić information content (AvgIpc) is 2.52. The lowest BCUT2D eigenvalue weighted by Gasteiger charge is -1.99. The molecule has 0 aliphatic carbocycles. The van der Waals surface area contributed by atoms with Gasteiger partial charge >= 0.3 is 5.97 Å². The van der Waals surface area contributed by atoms with Gasteiger partial charge in [-0.3, -0.25) is 9.78 Å². The van der Waals surface area contributed by atoms with E-state index in [1.54, 1.807) is 0 Å². The normalized spacial score (nSPS) is 11.7. The van der Waals surface area contributed by atoms with E-state index in [9.17, 15) is 4.79 Å². The van der Waals surface area contributed by atoms with Gasteiger partial charge in [0.15, 0.2) is 0 Å². The average molecular weight is 299 g/mol. The zero-order valence-corrected chi connectivity index (χ0v) is 13.3. The van der Waals surface area contributed by atoms with Gasteiger partial charge < -0.3 is 4.74 Å². The third-order valence-corrected chi connectivity index (χ3v) is 3.05. The van der Waals surface area contributed by atoms with E-state index in [1.165, 1.54) is 31.7 Å². The highest BCUT2D eigenvalue weighted by Gasteiger charge is 1.92. The lowest BCUT2D eigenvalue weighted by atomic mass is 10.1. The molecule has 0 aliphatic rings. The van der Waals surface area contributed by atoms with E-state index in [4.69, 9.17) is 4.74 Å². The fourth-order valence-corrected chi connectivity index (χ4v) is 1.92. The first kappa shape index (κ1) is 17.9. The minimum Gasteiger partial charge on any atom is -0.462 e. The highest BCUT2D eigenvalue weighted by molar-refractivity contribution is 5.65. The predicted molar refractivity (Wildman–Crippen MR) is 90.5 cm³/mol. The van der Waals surface area contributed by atoms with Gasteiger partial charge in [-0.2, -0.15) is 0 Å². The SMILES string of the molecule is CC(=O)OCC=CC=CC=CCCCCCc1cccnc1. The number of hydrogen-bond acceptors (Lipinski definition) is 3. The van der Waals surface area contributed by atoms with E-state index >= 15 is 0 Å². The van der Waals surface area contributed by atoms with Crippen LogP contribution in [-0.2, 0) is 16.0 Å². The first-order valence-electron chi connectivity index (χ1n) is 7.79. The molecule has 0 radical (unpaired) electrons. The molecule has 0 saturated carbocycles. The van der Waals surface area contributed by atoms with Gasteiger partial charge in [-0.1, -0.05) is 42.9 Å². The van der Waals surface area contributed by atoms with E-state index < -0.39 is 0 Å². The number of carbonyl (C=O) groups is 1. The Balaban J connectivity index is 1.96. The quantitative estimate of drug-likeness (QED) is 0.365. The zero-order chi connectivity index (χ0) is 15.9. The van der Waals surface area contributed by atoms with E-state index in [-0.39, 0.29) is 5.97 Å². The van der Waals surface area contributed by atoms with Crippen LogP contribution < -0.4 is 0 Å². The van der Waals surface area contributed by atoms with Gasteiger partial charge in [0.2, 0.25) is 0 Å². The number of unbranched alkanes of at least 4 members (excludes halogenated alkanes) is 3. The molecule has 0 amide bonds. The zero-order valence-electron chi connectivity index (χ0n) is 13.3. The van der Waals surface area contributed by atoms with E-state index in [2.05, 4.69) is 23.2 Å². The maximum atomic E-state index is 10.5. The summed E-state index contributed by atoms with van der Waals surface area (Å²) in [6, 6.07) is 4.12. The van der Waals surface area contributed by atoms with Crippen molar-refractivity contribution in [2.45, 2.75) is 39.0 Å². The molecule has 1 heterocycles. The monoisotopic (exact) mass is 299 g/mol. The first-order valence-corrected chi connectivity index (χ1v) is 7.79. The fourth-order valence-electron chi connectivity index (χ4n) is 1.92. The summed E-state index contributed by atoms with van der Waals surface area (Å²) in [5, 5.41) is 0. The Morgan fingerprint density at radius 3 is 2.68 bits per heavy atom. The molecule has 1 aromatic rings. The van der Waals surface area contributed by atoms with Crippen LogP contribution in [0.15, 0.2) is 61.0 Å². The molecule has 0 fully saturated rings. The van der Waals surface area contributed by atoms with Gasteiger partial charge in [0, 0.05) is 19.3 Å². The summed E-state index contributed by atoms with van der Waals surface area (Å²) < 4.78 is 4.77. The standard InChI is InChI=1S/C19H25NO2/c1-18(21)22-16-11-9-7-5-3-2-4-6-8-10-13-19-14-12-15-20-17-19/h2-3,5,7,9,11-12,14-15,17H,4,6,8,10,13,16H2,1H3. The van der Waals surface area contributed by atoms with Crippen molar-refractivity contribution in [1.82, 2.24) is 4.98 Å². The van der Waals surface area contributed by atoms with Crippen LogP contribution in [0.1, 0.15) is 38.2 Å². The molecule has 0 spiro atoms. The summed E-state index contributed by atoms with van der Waals surface area (Å²) in [7, 11) is 0. The fraction of sp³-hybridized carbons (Fsp3) is 0.368. The number of hydrogen-bond donors (Lipinski definition) is 0. The lowest BCUT2D eigenvalue weighted by Crippen LogP contribution is -1.96. The van der Waals surface area contributed by atoms with E-state index in [1.807, 2.05) is 42.8 Å². The van der Waals surface area contributed by atoms with Crippen LogP contribution in [0.4, 0.5) is 0 Å². The van der Waals surface area contributed by atoms with Crippen molar-refractivity contribution in [2.75, 3.05) is 6.61 Å². The molecule has 1 aromatic heterocycles. The number of carbonyl (C=O) groups excluding carboxylic acids is 1. The molecule has 0 aromatic carbocycles. The van der Waals surface area contributed by atoms with Gasteiger partial charge in [0.25, 0.3) is 0 Å². The third-order valence-electron chi connectivity index (χ3n) is 3.05. The van der Waals surface area contributed by atoms with Crippen LogP contribution in [0.3, 0.4) is 0 Å². The van der Waals surface area contributed by atoms with Crippen LogP contribution in [0.5, 0.6) is 0 Å². The molecule has 118 valence electrons. The molecule has 0 aliphatic heterocycles. The van der Waals surface area contributed by atoms with Crippen LogP contribution in [0.25, 0.3) is 0 Å². The lowest BCUT2D eigenvalue weighted by molar-refractivity contribution is -0.139. The maximum absolute atomic E-state index is 10.5. The molecule has 3 heteroatoms. The van der Waals surface area contributed by atoms with Crippen molar-refractivity contribution < 1.29 is 9.53 Å². The number of pyridine rings is 1. The predicted octanol–water partition coefficient (Wildman–Crippen LogP) is 4.42. The third kappa shape index (κ3) is 10.6. The first-order chi connectivity index (χ1) is 10.8. The molecular formula is C19H25NO2. The number of allylic oxidation sites excluding steroid dienone is 5. The summed E-state index contributed by atoms with van der Waals surface area (Å²) in [6.45, 7) is 1.74. The second kappa shape index (κ2) is 12.6. The second-order valence-electron chi connectivity index (χ2n) is 5.00. The van der Waals surface area contributed by atoms with Crippen LogP contribution in [0.2, 0.25) is 0 Å². The van der Waals surface area contributed by atoms with Crippen LogP contribution >= 0.6 is 0 Å². The van der Waals surface area contributed by atoms with E-state index in [0.29, 0.717) is 6.61 Å². The smallest absolute Gasteiger partial charge is 0.302 e. The number of esters is 1. The number of ether oxygens (including phenoxy) is 1. The Morgan fingerprint density at radius 2 is 1.95 bits per heavy atom. The largest absolute Gasteiger partial charge is 0.462 e. The summed E-state index contributed by atoms with van der Waals surface area (Å²) in [5.41, 5.74) is 1.32. The van der Waals surface area contributed by atoms with Crippen molar-refractivity contribution >= 4 is 5.97 Å². The highest BCUT2D eigenvalue weighted by atomic mass is 16.5. The highest BCUT2D eigenvalue weighted by Crippen LogP contribution is 2.06. The van der Waals surface area contributed by atoms with Crippen molar-refractivity contribution in [3.05, 3.63) is 66.5 Å². The van der Waals surface area contributed by atoms with Gasteiger partial charge in [-0.25, -0.2) is 0 Å². The van der Waals surface area contributed by atoms with Gasteiger partial charge in [-0.05, 0) is 43.4 Å². The van der Waals surface area contributed by atoms with Gasteiger partial charge in [0.1, 0.15) is 6.61 Å².